The molecule has 5 heteroatoms. The monoisotopic (exact) mass is 370 g/mol. The number of anilines is 1. The second kappa shape index (κ2) is 9.92. The first kappa shape index (κ1) is 19.9. The Morgan fingerprint density at radius 3 is 2.69 bits per heavy atom. The summed E-state index contributed by atoms with van der Waals surface area (Å²) in [5.74, 6) is 2.65. The summed E-state index contributed by atoms with van der Waals surface area (Å²) < 4.78 is 11.5. The summed E-state index contributed by atoms with van der Waals surface area (Å²) in [6.07, 6.45) is 1.80. The van der Waals surface area contributed by atoms with Crippen LogP contribution in [-0.2, 0) is 6.61 Å². The third kappa shape index (κ3) is 4.82. The van der Waals surface area contributed by atoms with Gasteiger partial charge < -0.3 is 14.8 Å². The lowest BCUT2D eigenvalue weighted by atomic mass is 10.1. The molecular weight excluding hydrogens is 344 g/mol. The van der Waals surface area contributed by atoms with E-state index in [1.54, 1.807) is 25.1 Å². The molecule has 0 amide bonds. The summed E-state index contributed by atoms with van der Waals surface area (Å²) in [4.78, 5) is 5.02. The second-order valence-electron chi connectivity index (χ2n) is 5.61. The smallest absolute Gasteiger partial charge is 0.127 e. The van der Waals surface area contributed by atoms with Crippen molar-refractivity contribution in [3.8, 4) is 11.5 Å². The molecule has 2 rings (SSSR count). The number of nitrogens with zero attached hydrogens (tertiary/aromatic N) is 1. The van der Waals surface area contributed by atoms with Crippen LogP contribution in [-0.4, -0.2) is 26.6 Å². The van der Waals surface area contributed by atoms with E-state index in [1.165, 1.54) is 0 Å². The number of thioether (sulfide) groups is 1. The van der Waals surface area contributed by atoms with Crippen LogP contribution in [0.5, 0.6) is 11.5 Å². The van der Waals surface area contributed by atoms with Gasteiger partial charge in [0.25, 0.3) is 0 Å². The lowest BCUT2D eigenvalue weighted by Gasteiger charge is -2.16. The van der Waals surface area contributed by atoms with Crippen molar-refractivity contribution in [3.63, 3.8) is 0 Å². The van der Waals surface area contributed by atoms with Crippen LogP contribution < -0.4 is 14.8 Å². The van der Waals surface area contributed by atoms with Gasteiger partial charge in [-0.3, -0.25) is 4.99 Å². The highest BCUT2D eigenvalue weighted by Crippen LogP contribution is 2.32. The number of rotatable bonds is 9. The molecule has 138 valence electrons. The highest BCUT2D eigenvalue weighted by atomic mass is 32.2. The Kier molecular flexibility index (Phi) is 7.60. The predicted octanol–water partition coefficient (Wildman–Crippen LogP) is 5.38. The van der Waals surface area contributed by atoms with Crippen LogP contribution in [0.25, 0.3) is 4.91 Å². The summed E-state index contributed by atoms with van der Waals surface area (Å²) >= 11 is 1.75. The predicted molar refractivity (Wildman–Crippen MR) is 114 cm³/mol. The van der Waals surface area contributed by atoms with Crippen molar-refractivity contribution in [1.29, 1.82) is 0 Å². The first-order chi connectivity index (χ1) is 12.6. The molecule has 0 spiro atoms. The van der Waals surface area contributed by atoms with Crippen LogP contribution in [0.15, 0.2) is 47.6 Å². The van der Waals surface area contributed by atoms with Crippen LogP contribution in [0.2, 0.25) is 0 Å². The fourth-order valence-electron chi connectivity index (χ4n) is 2.69. The molecule has 0 radical (unpaired) electrons. The molecule has 0 unspecified atom stereocenters. The summed E-state index contributed by atoms with van der Waals surface area (Å²) in [5, 5.41) is 3.19. The number of aryl methyl sites for hydroxylation is 1. The Hall–Kier alpha value is -2.40. The molecule has 0 aliphatic carbocycles. The van der Waals surface area contributed by atoms with Gasteiger partial charge in [0.15, 0.2) is 0 Å². The number of methoxy groups -OCH3 is 1. The van der Waals surface area contributed by atoms with Gasteiger partial charge in [-0.2, -0.15) is 0 Å². The van der Waals surface area contributed by atoms with Gasteiger partial charge in [-0.15, -0.1) is 11.8 Å². The summed E-state index contributed by atoms with van der Waals surface area (Å²) in [7, 11) is 3.57. The molecule has 0 saturated heterocycles. The van der Waals surface area contributed by atoms with Crippen molar-refractivity contribution in [2.24, 2.45) is 4.99 Å². The summed E-state index contributed by atoms with van der Waals surface area (Å²) in [5.41, 5.74) is 4.21. The van der Waals surface area contributed by atoms with Crippen LogP contribution in [0.1, 0.15) is 23.6 Å². The first-order valence-electron chi connectivity index (χ1n) is 8.50. The first-order valence-corrected chi connectivity index (χ1v) is 9.49. The quantitative estimate of drug-likeness (QED) is 0.602. The van der Waals surface area contributed by atoms with Crippen LogP contribution >= 0.6 is 11.8 Å². The molecule has 0 aliphatic heterocycles. The molecule has 0 aliphatic rings. The molecule has 2 aromatic rings. The number of benzene rings is 2. The van der Waals surface area contributed by atoms with Crippen LogP contribution in [0, 0.1) is 6.92 Å². The van der Waals surface area contributed by atoms with E-state index >= 15 is 0 Å². The number of hydrogen-bond acceptors (Lipinski definition) is 5. The average Bonchev–Trinajstić information content (AvgIpc) is 2.66. The van der Waals surface area contributed by atoms with Gasteiger partial charge >= 0.3 is 0 Å². The molecule has 0 fully saturated rings. The number of hydrogen-bond donors (Lipinski definition) is 1. The number of nitrogens with one attached hydrogen (secondary N) is 1. The van der Waals surface area contributed by atoms with Crippen molar-refractivity contribution in [2.75, 3.05) is 25.2 Å². The molecule has 4 nitrogen and oxygen atoms in total. The van der Waals surface area contributed by atoms with Gasteiger partial charge in [0.1, 0.15) is 18.1 Å². The summed E-state index contributed by atoms with van der Waals surface area (Å²) in [6, 6.07) is 12.1. The van der Waals surface area contributed by atoms with Gasteiger partial charge in [-0.05, 0) is 54.8 Å². The Balaban J connectivity index is 2.22. The van der Waals surface area contributed by atoms with Gasteiger partial charge in [0.2, 0.25) is 0 Å². The van der Waals surface area contributed by atoms with E-state index in [4.69, 9.17) is 9.47 Å². The molecule has 2 aromatic carbocycles. The highest BCUT2D eigenvalue weighted by molar-refractivity contribution is 8.08. The minimum atomic E-state index is 0.432. The maximum Gasteiger partial charge on any atom is 0.127 e. The van der Waals surface area contributed by atoms with E-state index in [2.05, 4.69) is 43.0 Å². The minimum Gasteiger partial charge on any atom is -0.496 e. The van der Waals surface area contributed by atoms with E-state index in [-0.39, 0.29) is 0 Å². The topological polar surface area (TPSA) is 42.8 Å². The normalized spacial score (nSPS) is 11.2. The van der Waals surface area contributed by atoms with Gasteiger partial charge in [-0.25, -0.2) is 0 Å². The molecule has 0 bridgehead atoms. The van der Waals surface area contributed by atoms with Crippen LogP contribution in [0.3, 0.4) is 0 Å². The third-order valence-corrected chi connectivity index (χ3v) is 4.90. The highest BCUT2D eigenvalue weighted by Gasteiger charge is 2.11. The Bertz CT molecular complexity index is 765. The number of aliphatic imine (C=N–C) groups is 1. The van der Waals surface area contributed by atoms with Gasteiger partial charge in [0.05, 0.1) is 12.7 Å². The lowest BCUT2D eigenvalue weighted by molar-refractivity contribution is 0.295. The van der Waals surface area contributed by atoms with E-state index in [0.29, 0.717) is 6.61 Å². The molecule has 0 saturated carbocycles. The lowest BCUT2D eigenvalue weighted by Crippen LogP contribution is -2.04. The number of ether oxygens (including phenoxy) is 2. The van der Waals surface area contributed by atoms with Crippen molar-refractivity contribution in [1.82, 2.24) is 0 Å². The zero-order valence-electron chi connectivity index (χ0n) is 15.8. The fraction of sp³-hybridized carbons (Fsp3) is 0.286. The average molecular weight is 371 g/mol. The standard InChI is InChI=1S/C21H26N2O2S/c1-6-26-21(13-22-3)16-10-11-19(15(2)12-16)25-14-17-18(23-4)8-7-9-20(17)24-5/h7-13,23H,3,6,14H2,1-2,4-5H3/b21-13-. The molecule has 1 N–H and O–H groups in total. The van der Waals surface area contributed by atoms with E-state index < -0.39 is 0 Å². The van der Waals surface area contributed by atoms with E-state index in [0.717, 1.165) is 44.5 Å². The fourth-order valence-corrected chi connectivity index (χ4v) is 3.44. The van der Waals surface area contributed by atoms with Gasteiger partial charge in [0, 0.05) is 23.8 Å². The van der Waals surface area contributed by atoms with Crippen molar-refractivity contribution in [3.05, 3.63) is 59.3 Å². The molecule has 26 heavy (non-hydrogen) atoms. The Morgan fingerprint density at radius 1 is 1.27 bits per heavy atom. The Labute approximate surface area is 160 Å². The summed E-state index contributed by atoms with van der Waals surface area (Å²) in [6.45, 7) is 8.17. The maximum absolute atomic E-state index is 6.08. The van der Waals surface area contributed by atoms with E-state index in [1.807, 2.05) is 31.3 Å². The zero-order valence-corrected chi connectivity index (χ0v) is 16.7. The van der Waals surface area contributed by atoms with Crippen molar-refractivity contribution in [2.45, 2.75) is 20.5 Å². The minimum absolute atomic E-state index is 0.432. The largest absolute Gasteiger partial charge is 0.496 e. The van der Waals surface area contributed by atoms with Crippen LogP contribution in [0.4, 0.5) is 5.69 Å². The SMILES string of the molecule is C=N/C=C(\SCC)c1ccc(OCc2c(NC)cccc2OC)c(C)c1. The van der Waals surface area contributed by atoms with Gasteiger partial charge in [-0.1, -0.05) is 19.1 Å². The molecule has 0 atom stereocenters. The second-order valence-corrected chi connectivity index (χ2v) is 6.92. The molecular formula is C21H26N2O2S. The van der Waals surface area contributed by atoms with E-state index in [9.17, 15) is 0 Å². The molecule has 0 heterocycles. The zero-order chi connectivity index (χ0) is 18.9. The Morgan fingerprint density at radius 2 is 2.08 bits per heavy atom. The van der Waals surface area contributed by atoms with Crippen molar-refractivity contribution < 1.29 is 9.47 Å². The maximum atomic E-state index is 6.08. The van der Waals surface area contributed by atoms with Crippen molar-refractivity contribution >= 4 is 29.1 Å². The third-order valence-electron chi connectivity index (χ3n) is 3.96. The molecule has 0 aromatic heterocycles.